The minimum atomic E-state index is -0.785. The third-order valence-electron chi connectivity index (χ3n) is 4.36. The third-order valence-corrected chi connectivity index (χ3v) is 4.36. The average Bonchev–Trinajstić information content (AvgIpc) is 2.53. The van der Waals surface area contributed by atoms with Crippen molar-refractivity contribution >= 4 is 12.0 Å². The van der Waals surface area contributed by atoms with Gasteiger partial charge in [0.15, 0.2) is 0 Å². The number of benzene rings is 1. The maximum absolute atomic E-state index is 12.2. The maximum Gasteiger partial charge on any atom is 0.410 e. The van der Waals surface area contributed by atoms with Gasteiger partial charge in [-0.05, 0) is 51.3 Å². The summed E-state index contributed by atoms with van der Waals surface area (Å²) in [6, 6.07) is 7.40. The molecule has 0 saturated carbocycles. The zero-order valence-electron chi connectivity index (χ0n) is 14.8. The standard InChI is InChI=1S/C18H26N2O4/c1-17(2,3)24-16(22)20-10-8-18(9-11-20,15(19)21)13-6-5-7-14(12-13)23-4/h5-7,12H,8-11H2,1-4H3,(H2,19,21). The van der Waals surface area contributed by atoms with Crippen LogP contribution in [-0.2, 0) is 14.9 Å². The van der Waals surface area contributed by atoms with Crippen LogP contribution in [0.25, 0.3) is 0 Å². The topological polar surface area (TPSA) is 81.9 Å². The minimum absolute atomic E-state index is 0.355. The SMILES string of the molecule is COc1cccc(C2(C(N)=O)CCN(C(=O)OC(C)(C)C)CC2)c1. The second-order valence-electron chi connectivity index (χ2n) is 7.15. The van der Waals surface area contributed by atoms with E-state index in [9.17, 15) is 9.59 Å². The van der Waals surface area contributed by atoms with Gasteiger partial charge in [-0.25, -0.2) is 4.79 Å². The van der Waals surface area contributed by atoms with E-state index in [0.29, 0.717) is 31.7 Å². The molecule has 0 aromatic heterocycles. The highest BCUT2D eigenvalue weighted by Gasteiger charge is 2.43. The summed E-state index contributed by atoms with van der Waals surface area (Å²) in [6.07, 6.45) is 0.579. The van der Waals surface area contributed by atoms with Crippen molar-refractivity contribution in [2.45, 2.75) is 44.6 Å². The van der Waals surface area contributed by atoms with Gasteiger partial charge in [0, 0.05) is 13.1 Å². The summed E-state index contributed by atoms with van der Waals surface area (Å²) in [5.41, 5.74) is 5.24. The molecule has 2 amide bonds. The molecule has 24 heavy (non-hydrogen) atoms. The zero-order valence-corrected chi connectivity index (χ0v) is 14.8. The Hall–Kier alpha value is -2.24. The number of ether oxygens (including phenoxy) is 2. The van der Waals surface area contributed by atoms with Gasteiger partial charge in [0.25, 0.3) is 0 Å². The largest absolute Gasteiger partial charge is 0.497 e. The van der Waals surface area contributed by atoms with Gasteiger partial charge in [-0.3, -0.25) is 4.79 Å². The van der Waals surface area contributed by atoms with E-state index in [0.717, 1.165) is 5.56 Å². The lowest BCUT2D eigenvalue weighted by atomic mass is 9.72. The molecule has 0 atom stereocenters. The predicted octanol–water partition coefficient (Wildman–Crippen LogP) is 2.45. The quantitative estimate of drug-likeness (QED) is 0.920. The summed E-state index contributed by atoms with van der Waals surface area (Å²) < 4.78 is 10.6. The first-order valence-electron chi connectivity index (χ1n) is 8.10. The van der Waals surface area contributed by atoms with E-state index in [1.807, 2.05) is 45.0 Å². The average molecular weight is 334 g/mol. The molecule has 1 aromatic carbocycles. The number of primary amides is 1. The fraction of sp³-hybridized carbons (Fsp3) is 0.556. The summed E-state index contributed by atoms with van der Waals surface area (Å²) in [5.74, 6) is 0.308. The molecule has 0 radical (unpaired) electrons. The lowest BCUT2D eigenvalue weighted by Crippen LogP contribution is -2.52. The predicted molar refractivity (Wildman–Crippen MR) is 90.9 cm³/mol. The molecule has 2 N–H and O–H groups in total. The fourth-order valence-electron chi connectivity index (χ4n) is 3.00. The number of methoxy groups -OCH3 is 1. The number of nitrogens with two attached hydrogens (primary N) is 1. The van der Waals surface area contributed by atoms with Crippen LogP contribution >= 0.6 is 0 Å². The van der Waals surface area contributed by atoms with Gasteiger partial charge in [0.05, 0.1) is 12.5 Å². The molecule has 0 spiro atoms. The summed E-state index contributed by atoms with van der Waals surface area (Å²) in [6.45, 7) is 6.35. The van der Waals surface area contributed by atoms with E-state index < -0.39 is 11.0 Å². The van der Waals surface area contributed by atoms with E-state index in [-0.39, 0.29) is 12.0 Å². The van der Waals surface area contributed by atoms with E-state index >= 15 is 0 Å². The number of carbonyl (C=O) groups excluding carboxylic acids is 2. The monoisotopic (exact) mass is 334 g/mol. The van der Waals surface area contributed by atoms with Gasteiger partial charge in [0.1, 0.15) is 11.4 Å². The molecule has 6 nitrogen and oxygen atoms in total. The zero-order chi connectivity index (χ0) is 18.0. The van der Waals surface area contributed by atoms with Crippen LogP contribution in [0.5, 0.6) is 5.75 Å². The number of piperidine rings is 1. The Morgan fingerprint density at radius 3 is 2.33 bits per heavy atom. The molecule has 2 rings (SSSR count). The molecule has 0 bridgehead atoms. The Morgan fingerprint density at radius 1 is 1.21 bits per heavy atom. The summed E-state index contributed by atoms with van der Waals surface area (Å²) in [5, 5.41) is 0. The van der Waals surface area contributed by atoms with Crippen molar-refractivity contribution in [1.82, 2.24) is 4.90 Å². The summed E-state index contributed by atoms with van der Waals surface area (Å²) in [7, 11) is 1.58. The Kier molecular flexibility index (Phi) is 5.06. The number of likely N-dealkylation sites (tertiary alicyclic amines) is 1. The van der Waals surface area contributed by atoms with Gasteiger partial charge in [0.2, 0.25) is 5.91 Å². The van der Waals surface area contributed by atoms with Crippen molar-refractivity contribution in [3.8, 4) is 5.75 Å². The van der Waals surface area contributed by atoms with E-state index in [1.54, 1.807) is 12.0 Å². The van der Waals surface area contributed by atoms with Crippen LogP contribution in [0, 0.1) is 0 Å². The molecule has 6 heteroatoms. The van der Waals surface area contributed by atoms with E-state index in [2.05, 4.69) is 0 Å². The number of amides is 2. The van der Waals surface area contributed by atoms with Crippen LogP contribution in [0.1, 0.15) is 39.2 Å². The summed E-state index contributed by atoms with van der Waals surface area (Å²) in [4.78, 5) is 26.1. The van der Waals surface area contributed by atoms with E-state index in [1.165, 1.54) is 0 Å². The van der Waals surface area contributed by atoms with Crippen LogP contribution in [0.4, 0.5) is 4.79 Å². The first kappa shape index (κ1) is 18.1. The fourth-order valence-corrected chi connectivity index (χ4v) is 3.00. The molecule has 1 fully saturated rings. The van der Waals surface area contributed by atoms with Crippen LogP contribution in [0.3, 0.4) is 0 Å². The van der Waals surface area contributed by atoms with Crippen LogP contribution in [-0.4, -0.2) is 42.7 Å². The van der Waals surface area contributed by atoms with Gasteiger partial charge in [-0.15, -0.1) is 0 Å². The first-order valence-corrected chi connectivity index (χ1v) is 8.10. The van der Waals surface area contributed by atoms with Crippen molar-refractivity contribution in [3.63, 3.8) is 0 Å². The Morgan fingerprint density at radius 2 is 1.83 bits per heavy atom. The van der Waals surface area contributed by atoms with Gasteiger partial charge in [-0.2, -0.15) is 0 Å². The highest BCUT2D eigenvalue weighted by molar-refractivity contribution is 5.87. The molecule has 0 unspecified atom stereocenters. The van der Waals surface area contributed by atoms with Crippen molar-refractivity contribution in [2.24, 2.45) is 5.73 Å². The molecule has 1 saturated heterocycles. The van der Waals surface area contributed by atoms with Crippen molar-refractivity contribution < 1.29 is 19.1 Å². The first-order chi connectivity index (χ1) is 11.2. The van der Waals surface area contributed by atoms with Crippen LogP contribution < -0.4 is 10.5 Å². The molecule has 1 aromatic rings. The third kappa shape index (κ3) is 3.80. The molecular formula is C18H26N2O4. The Bertz CT molecular complexity index is 614. The van der Waals surface area contributed by atoms with Crippen molar-refractivity contribution in [3.05, 3.63) is 29.8 Å². The Labute approximate surface area is 142 Å². The van der Waals surface area contributed by atoms with E-state index in [4.69, 9.17) is 15.2 Å². The minimum Gasteiger partial charge on any atom is -0.497 e. The molecule has 1 aliphatic rings. The molecule has 132 valence electrons. The van der Waals surface area contributed by atoms with Crippen molar-refractivity contribution in [2.75, 3.05) is 20.2 Å². The number of hydrogen-bond acceptors (Lipinski definition) is 4. The normalized spacial score (nSPS) is 17.2. The smallest absolute Gasteiger partial charge is 0.410 e. The number of carbonyl (C=O) groups is 2. The van der Waals surface area contributed by atoms with Gasteiger partial charge < -0.3 is 20.1 Å². The number of rotatable bonds is 3. The maximum atomic E-state index is 12.2. The summed E-state index contributed by atoms with van der Waals surface area (Å²) >= 11 is 0. The Balaban J connectivity index is 2.18. The lowest BCUT2D eigenvalue weighted by Gasteiger charge is -2.40. The highest BCUT2D eigenvalue weighted by atomic mass is 16.6. The molecule has 1 aliphatic heterocycles. The van der Waals surface area contributed by atoms with Crippen LogP contribution in [0.2, 0.25) is 0 Å². The van der Waals surface area contributed by atoms with Gasteiger partial charge >= 0.3 is 6.09 Å². The second-order valence-corrected chi connectivity index (χ2v) is 7.15. The number of hydrogen-bond donors (Lipinski definition) is 1. The van der Waals surface area contributed by atoms with Crippen LogP contribution in [0.15, 0.2) is 24.3 Å². The second kappa shape index (κ2) is 6.71. The van der Waals surface area contributed by atoms with Gasteiger partial charge in [-0.1, -0.05) is 12.1 Å². The number of nitrogens with zero attached hydrogens (tertiary/aromatic N) is 1. The lowest BCUT2D eigenvalue weighted by molar-refractivity contribution is -0.125. The highest BCUT2D eigenvalue weighted by Crippen LogP contribution is 2.37. The molecule has 0 aliphatic carbocycles. The molecular weight excluding hydrogens is 308 g/mol. The van der Waals surface area contributed by atoms with Crippen molar-refractivity contribution in [1.29, 1.82) is 0 Å². The molecule has 1 heterocycles.